The highest BCUT2D eigenvalue weighted by atomic mass is 32.2. The van der Waals surface area contributed by atoms with Crippen molar-refractivity contribution in [1.29, 1.82) is 0 Å². The van der Waals surface area contributed by atoms with Gasteiger partial charge in [-0.25, -0.2) is 8.42 Å². The summed E-state index contributed by atoms with van der Waals surface area (Å²) >= 11 is 1.18. The lowest BCUT2D eigenvalue weighted by Gasteiger charge is -2.19. The fraction of sp³-hybridized carbons (Fsp3) is 0.0800. The van der Waals surface area contributed by atoms with Gasteiger partial charge in [-0.15, -0.1) is 11.3 Å². The third-order valence-corrected chi connectivity index (χ3v) is 7.64. The first-order valence-corrected chi connectivity index (χ1v) is 12.5. The molecule has 6 nitrogen and oxygen atoms in total. The summed E-state index contributed by atoms with van der Waals surface area (Å²) in [4.78, 5) is 13.4. The van der Waals surface area contributed by atoms with Crippen LogP contribution in [0.4, 0.5) is 11.4 Å². The molecule has 0 radical (unpaired) electrons. The Bertz CT molecular complexity index is 1320. The van der Waals surface area contributed by atoms with E-state index in [4.69, 9.17) is 4.74 Å². The van der Waals surface area contributed by atoms with Gasteiger partial charge in [0.25, 0.3) is 15.9 Å². The first-order valence-electron chi connectivity index (χ1n) is 10.1. The van der Waals surface area contributed by atoms with Gasteiger partial charge in [0.15, 0.2) is 0 Å². The molecule has 0 bridgehead atoms. The zero-order valence-corrected chi connectivity index (χ0v) is 19.5. The third-order valence-electron chi connectivity index (χ3n) is 4.95. The van der Waals surface area contributed by atoms with Gasteiger partial charge in [0, 0.05) is 12.7 Å². The second-order valence-electron chi connectivity index (χ2n) is 7.17. The van der Waals surface area contributed by atoms with Crippen LogP contribution in [0.1, 0.15) is 15.2 Å². The van der Waals surface area contributed by atoms with Crippen molar-refractivity contribution in [3.63, 3.8) is 0 Å². The number of hydrogen-bond donors (Lipinski definition) is 1. The van der Waals surface area contributed by atoms with Gasteiger partial charge in [-0.3, -0.25) is 9.10 Å². The minimum atomic E-state index is -3.78. The summed E-state index contributed by atoms with van der Waals surface area (Å²) in [6, 6.07) is 26.6. The number of carbonyl (C=O) groups excluding carboxylic acids is 1. The SMILES string of the molecule is CN(c1ccsc1C(=O)Nc1ccc(OCc2ccccc2)cc1)S(=O)(=O)c1ccccc1. The van der Waals surface area contributed by atoms with E-state index >= 15 is 0 Å². The molecule has 3 aromatic carbocycles. The summed E-state index contributed by atoms with van der Waals surface area (Å²) in [5.74, 6) is 0.301. The summed E-state index contributed by atoms with van der Waals surface area (Å²) in [5.41, 5.74) is 1.97. The first-order chi connectivity index (χ1) is 15.9. The summed E-state index contributed by atoms with van der Waals surface area (Å²) < 4.78 is 32.8. The normalized spacial score (nSPS) is 11.1. The maximum absolute atomic E-state index is 13.0. The van der Waals surface area contributed by atoms with Crippen molar-refractivity contribution < 1.29 is 17.9 Å². The van der Waals surface area contributed by atoms with Crippen molar-refractivity contribution in [2.24, 2.45) is 0 Å². The Kier molecular flexibility index (Phi) is 6.76. The zero-order chi connectivity index (χ0) is 23.3. The van der Waals surface area contributed by atoms with E-state index in [9.17, 15) is 13.2 Å². The van der Waals surface area contributed by atoms with Crippen molar-refractivity contribution in [1.82, 2.24) is 0 Å². The molecule has 4 rings (SSSR count). The molecular weight excluding hydrogens is 456 g/mol. The number of sulfonamides is 1. The van der Waals surface area contributed by atoms with E-state index in [1.165, 1.54) is 30.5 Å². The number of nitrogens with zero attached hydrogens (tertiary/aromatic N) is 1. The minimum absolute atomic E-state index is 0.163. The Labute approximate surface area is 197 Å². The number of hydrogen-bond acceptors (Lipinski definition) is 5. The molecule has 8 heteroatoms. The molecule has 0 unspecified atom stereocenters. The maximum Gasteiger partial charge on any atom is 0.267 e. The molecule has 0 atom stereocenters. The highest BCUT2D eigenvalue weighted by Crippen LogP contribution is 2.30. The van der Waals surface area contributed by atoms with E-state index < -0.39 is 10.0 Å². The van der Waals surface area contributed by atoms with Crippen molar-refractivity contribution in [2.75, 3.05) is 16.7 Å². The van der Waals surface area contributed by atoms with Crippen LogP contribution < -0.4 is 14.4 Å². The van der Waals surface area contributed by atoms with Gasteiger partial charge in [-0.2, -0.15) is 0 Å². The van der Waals surface area contributed by atoms with E-state index in [1.807, 2.05) is 30.3 Å². The molecule has 0 spiro atoms. The average molecular weight is 479 g/mol. The van der Waals surface area contributed by atoms with Crippen molar-refractivity contribution in [3.05, 3.63) is 107 Å². The largest absolute Gasteiger partial charge is 0.489 e. The van der Waals surface area contributed by atoms with E-state index in [2.05, 4.69) is 5.32 Å². The Hall–Kier alpha value is -3.62. The molecule has 0 aliphatic heterocycles. The summed E-state index contributed by atoms with van der Waals surface area (Å²) in [6.45, 7) is 0.452. The Morgan fingerprint density at radius 1 is 0.909 bits per heavy atom. The summed E-state index contributed by atoms with van der Waals surface area (Å²) in [6.07, 6.45) is 0. The summed E-state index contributed by atoms with van der Waals surface area (Å²) in [5, 5.41) is 4.52. The highest BCUT2D eigenvalue weighted by molar-refractivity contribution is 7.92. The number of carbonyl (C=O) groups is 1. The van der Waals surface area contributed by atoms with Gasteiger partial charge < -0.3 is 10.1 Å². The third kappa shape index (κ3) is 5.24. The molecule has 0 fully saturated rings. The molecule has 4 aromatic rings. The fourth-order valence-corrected chi connectivity index (χ4v) is 5.27. The van der Waals surface area contributed by atoms with E-state index in [1.54, 1.807) is 53.9 Å². The fourth-order valence-electron chi connectivity index (χ4n) is 3.16. The lowest BCUT2D eigenvalue weighted by Crippen LogP contribution is -2.28. The van der Waals surface area contributed by atoms with Crippen LogP contribution in [0.2, 0.25) is 0 Å². The van der Waals surface area contributed by atoms with E-state index in [0.29, 0.717) is 28.6 Å². The van der Waals surface area contributed by atoms with Crippen LogP contribution in [-0.4, -0.2) is 21.4 Å². The van der Waals surface area contributed by atoms with Crippen molar-refractivity contribution >= 4 is 38.6 Å². The summed E-state index contributed by atoms with van der Waals surface area (Å²) in [7, 11) is -2.34. The Morgan fingerprint density at radius 2 is 1.55 bits per heavy atom. The minimum Gasteiger partial charge on any atom is -0.489 e. The predicted molar refractivity (Wildman–Crippen MR) is 132 cm³/mol. The smallest absolute Gasteiger partial charge is 0.267 e. The van der Waals surface area contributed by atoms with Gasteiger partial charge in [-0.05, 0) is 53.4 Å². The molecule has 1 heterocycles. The van der Waals surface area contributed by atoms with Gasteiger partial charge >= 0.3 is 0 Å². The lowest BCUT2D eigenvalue weighted by atomic mass is 10.2. The number of nitrogens with one attached hydrogen (secondary N) is 1. The van der Waals surface area contributed by atoms with Crippen molar-refractivity contribution in [2.45, 2.75) is 11.5 Å². The van der Waals surface area contributed by atoms with Gasteiger partial charge in [-0.1, -0.05) is 48.5 Å². The molecule has 0 saturated carbocycles. The molecule has 1 N–H and O–H groups in total. The standard InChI is InChI=1S/C25H22N2O4S2/c1-27(33(29,30)22-10-6-3-7-11-22)23-16-17-32-24(23)25(28)26-20-12-14-21(15-13-20)31-18-19-8-4-2-5-9-19/h2-17H,18H2,1H3,(H,26,28). The monoisotopic (exact) mass is 478 g/mol. The predicted octanol–water partition coefficient (Wildman–Crippen LogP) is 5.40. The molecule has 0 saturated heterocycles. The number of amides is 1. The van der Waals surface area contributed by atoms with Crippen LogP contribution >= 0.6 is 11.3 Å². The van der Waals surface area contributed by atoms with Gasteiger partial charge in [0.1, 0.15) is 17.2 Å². The van der Waals surface area contributed by atoms with E-state index in [0.717, 1.165) is 9.87 Å². The second-order valence-corrected chi connectivity index (χ2v) is 10.1. The van der Waals surface area contributed by atoms with Crippen LogP contribution in [0.3, 0.4) is 0 Å². The second kappa shape index (κ2) is 9.89. The zero-order valence-electron chi connectivity index (χ0n) is 17.8. The number of anilines is 2. The Balaban J connectivity index is 1.44. The maximum atomic E-state index is 13.0. The molecule has 0 aliphatic rings. The van der Waals surface area contributed by atoms with Gasteiger partial charge in [0.05, 0.1) is 10.6 Å². The lowest BCUT2D eigenvalue weighted by molar-refractivity contribution is 0.103. The van der Waals surface area contributed by atoms with E-state index in [-0.39, 0.29) is 10.8 Å². The molecule has 1 amide bonds. The van der Waals surface area contributed by atoms with Crippen LogP contribution in [0.5, 0.6) is 5.75 Å². The Morgan fingerprint density at radius 3 is 2.21 bits per heavy atom. The number of thiophene rings is 1. The van der Waals surface area contributed by atoms with Gasteiger partial charge in [0.2, 0.25) is 0 Å². The van der Waals surface area contributed by atoms with Crippen LogP contribution in [0, 0.1) is 0 Å². The molecular formula is C25H22N2O4S2. The molecule has 0 aliphatic carbocycles. The first kappa shape index (κ1) is 22.6. The van der Waals surface area contributed by atoms with Crippen LogP contribution in [0.15, 0.2) is 101 Å². The molecule has 1 aromatic heterocycles. The average Bonchev–Trinajstić information content (AvgIpc) is 3.34. The quantitative estimate of drug-likeness (QED) is 0.368. The van der Waals surface area contributed by atoms with Crippen molar-refractivity contribution in [3.8, 4) is 5.75 Å². The number of ether oxygens (including phenoxy) is 1. The number of rotatable bonds is 8. The van der Waals surface area contributed by atoms with Crippen LogP contribution in [0.25, 0.3) is 0 Å². The molecule has 33 heavy (non-hydrogen) atoms. The van der Waals surface area contributed by atoms with Crippen LogP contribution in [-0.2, 0) is 16.6 Å². The highest BCUT2D eigenvalue weighted by Gasteiger charge is 2.26. The topological polar surface area (TPSA) is 75.7 Å². The number of benzene rings is 3. The molecule has 168 valence electrons.